The van der Waals surface area contributed by atoms with E-state index in [2.05, 4.69) is 10.6 Å². The van der Waals surface area contributed by atoms with Gasteiger partial charge in [-0.15, -0.1) is 12.4 Å². The van der Waals surface area contributed by atoms with Gasteiger partial charge in [-0.2, -0.15) is 0 Å². The first-order valence-electron chi connectivity index (χ1n) is 7.47. The third-order valence-electron chi connectivity index (χ3n) is 3.85. The van der Waals surface area contributed by atoms with Gasteiger partial charge in [0.25, 0.3) is 0 Å². The van der Waals surface area contributed by atoms with Crippen LogP contribution in [-0.4, -0.2) is 43.2 Å². The summed E-state index contributed by atoms with van der Waals surface area (Å²) in [5.74, 6) is -0.691. The number of nitrogens with one attached hydrogen (secondary N) is 2. The first-order valence-corrected chi connectivity index (χ1v) is 7.47. The van der Waals surface area contributed by atoms with E-state index in [9.17, 15) is 14.7 Å². The number of carbonyl (C=O) groups is 2. The summed E-state index contributed by atoms with van der Waals surface area (Å²) >= 11 is 0. The molecule has 2 atom stereocenters. The van der Waals surface area contributed by atoms with Crippen molar-refractivity contribution in [1.29, 1.82) is 0 Å². The van der Waals surface area contributed by atoms with Crippen LogP contribution in [0.25, 0.3) is 0 Å². The summed E-state index contributed by atoms with van der Waals surface area (Å²) in [5.41, 5.74) is 0.904. The lowest BCUT2D eigenvalue weighted by atomic mass is 9.99. The van der Waals surface area contributed by atoms with Gasteiger partial charge >= 0.3 is 5.97 Å². The highest BCUT2D eigenvalue weighted by atomic mass is 35.5. The van der Waals surface area contributed by atoms with Crippen LogP contribution in [0.3, 0.4) is 0 Å². The van der Waals surface area contributed by atoms with Gasteiger partial charge in [-0.3, -0.25) is 9.59 Å². The molecule has 23 heavy (non-hydrogen) atoms. The Hall–Kier alpha value is -1.79. The number of methoxy groups -OCH3 is 1. The Morgan fingerprint density at radius 1 is 1.39 bits per heavy atom. The molecule has 1 aromatic carbocycles. The van der Waals surface area contributed by atoms with Crippen molar-refractivity contribution in [2.75, 3.05) is 20.2 Å². The molecule has 2 rings (SSSR count). The number of carbonyl (C=O) groups excluding carboxylic acids is 2. The normalized spacial score (nSPS) is 17.9. The molecule has 1 aliphatic heterocycles. The molecule has 1 aromatic rings. The van der Waals surface area contributed by atoms with E-state index in [0.717, 1.165) is 24.9 Å². The monoisotopic (exact) mass is 342 g/mol. The average Bonchev–Trinajstić information content (AvgIpc) is 3.06. The molecule has 0 bridgehead atoms. The van der Waals surface area contributed by atoms with Crippen molar-refractivity contribution in [3.05, 3.63) is 29.8 Å². The molecule has 1 fully saturated rings. The Kier molecular flexibility index (Phi) is 7.85. The third kappa shape index (κ3) is 5.73. The van der Waals surface area contributed by atoms with Crippen LogP contribution in [0.4, 0.5) is 0 Å². The smallest absolute Gasteiger partial charge is 0.310 e. The number of benzene rings is 1. The van der Waals surface area contributed by atoms with Gasteiger partial charge in [0.05, 0.1) is 19.1 Å². The maximum absolute atomic E-state index is 12.0. The van der Waals surface area contributed by atoms with Gasteiger partial charge in [0, 0.05) is 6.54 Å². The predicted molar refractivity (Wildman–Crippen MR) is 88.6 cm³/mol. The van der Waals surface area contributed by atoms with Crippen molar-refractivity contribution in [3.8, 4) is 5.75 Å². The molecule has 0 spiro atoms. The fourth-order valence-corrected chi connectivity index (χ4v) is 2.58. The SMILES string of the molecule is COC(=O)C(CNC(=O)C1CCCN1)Cc1ccc(O)cc1.Cl. The number of amides is 1. The Bertz CT molecular complexity index is 515. The van der Waals surface area contributed by atoms with Crippen molar-refractivity contribution in [2.45, 2.75) is 25.3 Å². The average molecular weight is 343 g/mol. The fourth-order valence-electron chi connectivity index (χ4n) is 2.58. The Morgan fingerprint density at radius 2 is 2.09 bits per heavy atom. The Balaban J connectivity index is 0.00000264. The van der Waals surface area contributed by atoms with E-state index >= 15 is 0 Å². The molecule has 1 heterocycles. The van der Waals surface area contributed by atoms with Gasteiger partial charge in [-0.1, -0.05) is 12.1 Å². The number of esters is 1. The minimum atomic E-state index is -0.445. The molecule has 7 heteroatoms. The van der Waals surface area contributed by atoms with Crippen LogP contribution >= 0.6 is 12.4 Å². The fraction of sp³-hybridized carbons (Fsp3) is 0.500. The zero-order valence-electron chi connectivity index (χ0n) is 13.1. The highest BCUT2D eigenvalue weighted by Crippen LogP contribution is 2.14. The maximum Gasteiger partial charge on any atom is 0.310 e. The first kappa shape index (κ1) is 19.3. The summed E-state index contributed by atoms with van der Waals surface area (Å²) in [6.07, 6.45) is 2.27. The largest absolute Gasteiger partial charge is 0.508 e. The van der Waals surface area contributed by atoms with E-state index in [1.165, 1.54) is 7.11 Å². The number of phenols is 1. The van der Waals surface area contributed by atoms with E-state index in [1.807, 2.05) is 0 Å². The minimum absolute atomic E-state index is 0. The number of rotatable bonds is 6. The molecule has 6 nitrogen and oxygen atoms in total. The molecular weight excluding hydrogens is 320 g/mol. The molecule has 0 radical (unpaired) electrons. The van der Waals surface area contributed by atoms with E-state index in [0.29, 0.717) is 6.42 Å². The lowest BCUT2D eigenvalue weighted by molar-refractivity contribution is -0.145. The van der Waals surface area contributed by atoms with Gasteiger partial charge in [0.1, 0.15) is 5.75 Å². The molecule has 1 aliphatic rings. The van der Waals surface area contributed by atoms with Crippen LogP contribution in [-0.2, 0) is 20.7 Å². The van der Waals surface area contributed by atoms with Crippen molar-refractivity contribution < 1.29 is 19.4 Å². The third-order valence-corrected chi connectivity index (χ3v) is 3.85. The molecule has 2 unspecified atom stereocenters. The van der Waals surface area contributed by atoms with Crippen molar-refractivity contribution in [1.82, 2.24) is 10.6 Å². The number of aromatic hydroxyl groups is 1. The standard InChI is InChI=1S/C16H22N2O4.ClH/c1-22-16(21)12(9-11-4-6-13(19)7-5-11)10-18-15(20)14-3-2-8-17-14;/h4-7,12,14,17,19H,2-3,8-10H2,1H3,(H,18,20);1H. The zero-order valence-corrected chi connectivity index (χ0v) is 13.9. The van der Waals surface area contributed by atoms with Gasteiger partial charge in [0.15, 0.2) is 0 Å². The highest BCUT2D eigenvalue weighted by molar-refractivity contribution is 5.85. The summed E-state index contributed by atoms with van der Waals surface area (Å²) in [4.78, 5) is 23.9. The highest BCUT2D eigenvalue weighted by Gasteiger charge is 2.25. The first-order chi connectivity index (χ1) is 10.6. The quantitative estimate of drug-likeness (QED) is 0.672. The topological polar surface area (TPSA) is 87.7 Å². The van der Waals surface area contributed by atoms with Crippen molar-refractivity contribution >= 4 is 24.3 Å². The van der Waals surface area contributed by atoms with Crippen LogP contribution in [0.2, 0.25) is 0 Å². The summed E-state index contributed by atoms with van der Waals surface area (Å²) in [7, 11) is 1.34. The molecule has 3 N–H and O–H groups in total. The van der Waals surface area contributed by atoms with Crippen LogP contribution in [0.15, 0.2) is 24.3 Å². The van der Waals surface area contributed by atoms with Gasteiger partial charge < -0.3 is 20.5 Å². The lowest BCUT2D eigenvalue weighted by Crippen LogP contribution is -2.43. The molecule has 0 saturated carbocycles. The van der Waals surface area contributed by atoms with Crippen LogP contribution < -0.4 is 10.6 Å². The predicted octanol–water partition coefficient (Wildman–Crippen LogP) is 1.01. The summed E-state index contributed by atoms with van der Waals surface area (Å²) < 4.78 is 4.81. The summed E-state index contributed by atoms with van der Waals surface area (Å²) in [5, 5.41) is 15.2. The number of phenolic OH excluding ortho intramolecular Hbond substituents is 1. The molecular formula is C16H23ClN2O4. The number of halogens is 1. The molecule has 128 valence electrons. The van der Waals surface area contributed by atoms with Crippen LogP contribution in [0.5, 0.6) is 5.75 Å². The number of ether oxygens (including phenoxy) is 1. The molecule has 1 saturated heterocycles. The second kappa shape index (κ2) is 9.37. The number of hydrogen-bond acceptors (Lipinski definition) is 5. The van der Waals surface area contributed by atoms with E-state index < -0.39 is 5.92 Å². The lowest BCUT2D eigenvalue weighted by Gasteiger charge is -2.17. The second-order valence-electron chi connectivity index (χ2n) is 5.48. The van der Waals surface area contributed by atoms with Gasteiger partial charge in [-0.25, -0.2) is 0 Å². The van der Waals surface area contributed by atoms with E-state index in [-0.39, 0.29) is 42.6 Å². The number of hydrogen-bond donors (Lipinski definition) is 3. The summed E-state index contributed by atoms with van der Waals surface area (Å²) in [6, 6.07) is 6.50. The second-order valence-corrected chi connectivity index (χ2v) is 5.48. The molecule has 0 aromatic heterocycles. The minimum Gasteiger partial charge on any atom is -0.508 e. The molecule has 1 amide bonds. The summed E-state index contributed by atoms with van der Waals surface area (Å²) in [6.45, 7) is 1.09. The molecule has 0 aliphatic carbocycles. The Labute approximate surface area is 142 Å². The van der Waals surface area contributed by atoms with Gasteiger partial charge in [-0.05, 0) is 43.5 Å². The van der Waals surface area contributed by atoms with Crippen molar-refractivity contribution in [3.63, 3.8) is 0 Å². The van der Waals surface area contributed by atoms with E-state index in [4.69, 9.17) is 4.74 Å². The van der Waals surface area contributed by atoms with Crippen LogP contribution in [0, 0.1) is 5.92 Å². The van der Waals surface area contributed by atoms with Crippen LogP contribution in [0.1, 0.15) is 18.4 Å². The van der Waals surface area contributed by atoms with Crippen molar-refractivity contribution in [2.24, 2.45) is 5.92 Å². The maximum atomic E-state index is 12.0. The Morgan fingerprint density at radius 3 is 2.65 bits per heavy atom. The van der Waals surface area contributed by atoms with Gasteiger partial charge in [0.2, 0.25) is 5.91 Å². The zero-order chi connectivity index (χ0) is 15.9. The van der Waals surface area contributed by atoms with E-state index in [1.54, 1.807) is 24.3 Å².